The first kappa shape index (κ1) is 18.0. The van der Waals surface area contributed by atoms with Gasteiger partial charge in [-0.1, -0.05) is 29.3 Å². The zero-order valence-corrected chi connectivity index (χ0v) is 13.8. The maximum atomic E-state index is 12.2. The summed E-state index contributed by atoms with van der Waals surface area (Å²) in [5, 5.41) is 9.14. The fourth-order valence-electron chi connectivity index (χ4n) is 2.12. The first-order chi connectivity index (χ1) is 9.92. The second-order valence-corrected chi connectivity index (χ2v) is 5.60. The summed E-state index contributed by atoms with van der Waals surface area (Å²) in [6, 6.07) is 4.73. The highest BCUT2D eigenvalue weighted by molar-refractivity contribution is 6.42. The van der Waals surface area contributed by atoms with Crippen molar-refractivity contribution in [2.45, 2.75) is 32.7 Å². The Morgan fingerprint density at radius 1 is 1.38 bits per heavy atom. The molecule has 0 aliphatic carbocycles. The van der Waals surface area contributed by atoms with E-state index >= 15 is 0 Å². The van der Waals surface area contributed by atoms with Gasteiger partial charge in [-0.15, -0.1) is 0 Å². The number of carbonyl (C=O) groups is 1. The topological polar surface area (TPSA) is 70.2 Å². The molecule has 0 spiro atoms. The van der Waals surface area contributed by atoms with Gasteiger partial charge in [0.15, 0.2) is 0 Å². The van der Waals surface area contributed by atoms with Crippen LogP contribution in [0, 0.1) is 5.41 Å². The van der Waals surface area contributed by atoms with E-state index in [1.54, 1.807) is 23.1 Å². The van der Waals surface area contributed by atoms with E-state index in [-0.39, 0.29) is 11.9 Å². The third-order valence-corrected chi connectivity index (χ3v) is 4.11. The number of nitrogens with zero attached hydrogens (tertiary/aromatic N) is 1. The predicted octanol–water partition coefficient (Wildman–Crippen LogP) is 3.34. The van der Waals surface area contributed by atoms with Gasteiger partial charge in [-0.2, -0.15) is 0 Å². The molecule has 116 valence electrons. The molecule has 1 atom stereocenters. The van der Waals surface area contributed by atoms with Crippen molar-refractivity contribution in [2.24, 2.45) is 5.73 Å². The van der Waals surface area contributed by atoms with Crippen LogP contribution in [0.5, 0.6) is 0 Å². The maximum Gasteiger partial charge on any atom is 0.223 e. The van der Waals surface area contributed by atoms with Crippen molar-refractivity contribution in [2.75, 3.05) is 13.1 Å². The molecule has 1 aromatic rings. The van der Waals surface area contributed by atoms with Crippen LogP contribution in [0.2, 0.25) is 10.0 Å². The van der Waals surface area contributed by atoms with Crippen LogP contribution in [0.25, 0.3) is 0 Å². The quantitative estimate of drug-likeness (QED) is 0.753. The highest BCUT2D eigenvalue weighted by Gasteiger charge is 2.22. The van der Waals surface area contributed by atoms with Crippen molar-refractivity contribution >= 4 is 34.8 Å². The lowest BCUT2D eigenvalue weighted by Crippen LogP contribution is -2.43. The molecule has 1 amide bonds. The summed E-state index contributed by atoms with van der Waals surface area (Å²) in [6.07, 6.45) is 1.06. The number of nitrogens with one attached hydrogen (secondary N) is 1. The van der Waals surface area contributed by atoms with Gasteiger partial charge in [0.05, 0.1) is 21.8 Å². The Bertz CT molecular complexity index is 520. The summed E-state index contributed by atoms with van der Waals surface area (Å²) in [5.41, 5.74) is 6.45. The fourth-order valence-corrected chi connectivity index (χ4v) is 2.42. The molecule has 0 heterocycles. The lowest BCUT2D eigenvalue weighted by atomic mass is 10.0. The van der Waals surface area contributed by atoms with E-state index in [0.717, 1.165) is 0 Å². The zero-order valence-electron chi connectivity index (χ0n) is 12.3. The highest BCUT2D eigenvalue weighted by atomic mass is 35.5. The molecule has 0 saturated carbocycles. The van der Waals surface area contributed by atoms with Crippen molar-refractivity contribution in [1.29, 1.82) is 5.41 Å². The second-order valence-electron chi connectivity index (χ2n) is 4.79. The Labute approximate surface area is 135 Å². The first-order valence-corrected chi connectivity index (χ1v) is 7.71. The summed E-state index contributed by atoms with van der Waals surface area (Å²) in [6.45, 7) is 4.78. The summed E-state index contributed by atoms with van der Waals surface area (Å²) >= 11 is 11.9. The average Bonchev–Trinajstić information content (AvgIpc) is 2.47. The molecule has 0 aliphatic heterocycles. The minimum absolute atomic E-state index is 0.0141. The molecule has 0 aromatic heterocycles. The van der Waals surface area contributed by atoms with Crippen LogP contribution in [-0.2, 0) is 4.79 Å². The summed E-state index contributed by atoms with van der Waals surface area (Å²) < 4.78 is 0. The summed E-state index contributed by atoms with van der Waals surface area (Å²) in [5.74, 6) is 0.0141. The predicted molar refractivity (Wildman–Crippen MR) is 88.4 cm³/mol. The number of halogens is 2. The summed E-state index contributed by atoms with van der Waals surface area (Å²) in [7, 11) is 0. The van der Waals surface area contributed by atoms with Crippen LogP contribution in [-0.4, -0.2) is 35.7 Å². The third-order valence-electron chi connectivity index (χ3n) is 3.37. The minimum Gasteiger partial charge on any atom is -0.335 e. The molecule has 1 rings (SSSR count). The molecule has 0 saturated heterocycles. The van der Waals surface area contributed by atoms with E-state index in [1.165, 1.54) is 0 Å². The number of amides is 1. The van der Waals surface area contributed by atoms with E-state index in [9.17, 15) is 4.79 Å². The number of carbonyl (C=O) groups excluding carboxylic acids is 1. The second kappa shape index (κ2) is 8.37. The van der Waals surface area contributed by atoms with Crippen molar-refractivity contribution in [1.82, 2.24) is 4.90 Å². The molecular formula is C15H21Cl2N3O. The molecule has 4 nitrogen and oxygen atoms in total. The smallest absolute Gasteiger partial charge is 0.223 e. The van der Waals surface area contributed by atoms with E-state index < -0.39 is 0 Å². The largest absolute Gasteiger partial charge is 0.335 e. The van der Waals surface area contributed by atoms with E-state index in [4.69, 9.17) is 34.3 Å². The van der Waals surface area contributed by atoms with Crippen LogP contribution in [0.15, 0.2) is 18.2 Å². The van der Waals surface area contributed by atoms with Crippen LogP contribution in [0.3, 0.4) is 0 Å². The number of likely N-dealkylation sites (N-methyl/N-ethyl adjacent to an activating group) is 1. The number of nitrogens with two attached hydrogens (primary N) is 1. The van der Waals surface area contributed by atoms with Crippen molar-refractivity contribution in [3.63, 3.8) is 0 Å². The van der Waals surface area contributed by atoms with Gasteiger partial charge in [0, 0.05) is 13.0 Å². The van der Waals surface area contributed by atoms with Gasteiger partial charge in [-0.25, -0.2) is 0 Å². The Morgan fingerprint density at radius 3 is 2.57 bits per heavy atom. The Hall–Kier alpha value is -1.10. The highest BCUT2D eigenvalue weighted by Crippen LogP contribution is 2.23. The summed E-state index contributed by atoms with van der Waals surface area (Å²) in [4.78, 5) is 13.8. The zero-order chi connectivity index (χ0) is 16.0. The molecule has 0 bridgehead atoms. The van der Waals surface area contributed by atoms with Gasteiger partial charge in [0.25, 0.3) is 0 Å². The van der Waals surface area contributed by atoms with E-state index in [0.29, 0.717) is 47.3 Å². The number of rotatable bonds is 7. The van der Waals surface area contributed by atoms with Crippen LogP contribution < -0.4 is 5.73 Å². The van der Waals surface area contributed by atoms with Crippen molar-refractivity contribution < 1.29 is 4.79 Å². The Morgan fingerprint density at radius 2 is 2.05 bits per heavy atom. The molecule has 21 heavy (non-hydrogen) atoms. The molecule has 1 unspecified atom stereocenters. The normalized spacial score (nSPS) is 12.0. The average molecular weight is 330 g/mol. The van der Waals surface area contributed by atoms with Crippen molar-refractivity contribution in [3.8, 4) is 0 Å². The lowest BCUT2D eigenvalue weighted by molar-refractivity contribution is -0.131. The fraction of sp³-hybridized carbons (Fsp3) is 0.467. The monoisotopic (exact) mass is 329 g/mol. The van der Waals surface area contributed by atoms with Crippen LogP contribution in [0.4, 0.5) is 0 Å². The van der Waals surface area contributed by atoms with Gasteiger partial charge in [-0.3, -0.25) is 4.79 Å². The standard InChI is InChI=1S/C15H21Cl2N3O/c1-3-20(14(21)5-4-8-18)10(2)15(19)11-6-7-12(16)13(17)9-11/h6-7,9-10,19H,3-5,8,18H2,1-2H3. The minimum atomic E-state index is -0.322. The Kier molecular flexibility index (Phi) is 7.15. The number of hydrogen-bond acceptors (Lipinski definition) is 3. The van der Waals surface area contributed by atoms with E-state index in [1.807, 2.05) is 13.8 Å². The van der Waals surface area contributed by atoms with Gasteiger partial charge in [0.2, 0.25) is 5.91 Å². The van der Waals surface area contributed by atoms with Gasteiger partial charge >= 0.3 is 0 Å². The molecule has 3 N–H and O–H groups in total. The van der Waals surface area contributed by atoms with Crippen LogP contribution >= 0.6 is 23.2 Å². The first-order valence-electron chi connectivity index (χ1n) is 6.95. The van der Waals surface area contributed by atoms with Crippen LogP contribution in [0.1, 0.15) is 32.3 Å². The number of hydrogen-bond donors (Lipinski definition) is 2. The molecule has 0 aliphatic rings. The molecule has 1 aromatic carbocycles. The van der Waals surface area contributed by atoms with Gasteiger partial charge in [0.1, 0.15) is 0 Å². The maximum absolute atomic E-state index is 12.2. The molecule has 0 radical (unpaired) electrons. The third kappa shape index (κ3) is 4.70. The van der Waals surface area contributed by atoms with Gasteiger partial charge < -0.3 is 16.0 Å². The number of benzene rings is 1. The molecular weight excluding hydrogens is 309 g/mol. The lowest BCUT2D eigenvalue weighted by Gasteiger charge is -2.29. The van der Waals surface area contributed by atoms with Gasteiger partial charge in [-0.05, 0) is 44.5 Å². The van der Waals surface area contributed by atoms with Crippen molar-refractivity contribution in [3.05, 3.63) is 33.8 Å². The molecule has 0 fully saturated rings. The Balaban J connectivity index is 2.88. The molecule has 6 heteroatoms. The van der Waals surface area contributed by atoms with E-state index in [2.05, 4.69) is 0 Å². The SMILES string of the molecule is CCN(C(=O)CCCN)C(C)C(=N)c1ccc(Cl)c(Cl)c1.